The Hall–Kier alpha value is -1.92. The number of nitriles is 2. The smallest absolute Gasteiger partial charge is 0.252 e. The molecule has 0 saturated carbocycles. The van der Waals surface area contributed by atoms with Gasteiger partial charge in [0.25, 0.3) is 5.82 Å². The van der Waals surface area contributed by atoms with E-state index < -0.39 is 0 Å². The van der Waals surface area contributed by atoms with Crippen molar-refractivity contribution in [1.82, 2.24) is 20.1 Å². The number of nitrogens with zero attached hydrogens (tertiary/aromatic N) is 5. The van der Waals surface area contributed by atoms with Gasteiger partial charge in [-0.2, -0.15) is 10.5 Å². The molecule has 72 valence electrons. The molecule has 0 spiro atoms. The quantitative estimate of drug-likeness (QED) is 0.700. The lowest BCUT2D eigenvalue weighted by Gasteiger charge is -2.05. The van der Waals surface area contributed by atoms with Crippen LogP contribution in [0.3, 0.4) is 0 Å². The lowest BCUT2D eigenvalue weighted by Crippen LogP contribution is -2.24. The van der Waals surface area contributed by atoms with Crippen molar-refractivity contribution in [3.8, 4) is 12.1 Å². The molecule has 1 atom stereocenters. The summed E-state index contributed by atoms with van der Waals surface area (Å²) in [6, 6.07) is 3.75. The van der Waals surface area contributed by atoms with Crippen LogP contribution in [0.2, 0.25) is 0 Å². The Kier molecular flexibility index (Phi) is 3.59. The largest absolute Gasteiger partial charge is 0.305 e. The Morgan fingerprint density at radius 2 is 2.43 bits per heavy atom. The zero-order valence-corrected chi connectivity index (χ0v) is 7.80. The monoisotopic (exact) mass is 190 g/mol. The second kappa shape index (κ2) is 4.95. The van der Waals surface area contributed by atoms with Crippen LogP contribution in [0.4, 0.5) is 0 Å². The zero-order valence-electron chi connectivity index (χ0n) is 7.80. The molecule has 0 aliphatic carbocycles. The van der Waals surface area contributed by atoms with E-state index in [1.807, 2.05) is 6.07 Å². The molecule has 0 aliphatic rings. The van der Waals surface area contributed by atoms with Gasteiger partial charge in [0.05, 0.1) is 12.1 Å². The highest BCUT2D eigenvalue weighted by atomic mass is 15.3. The third-order valence-electron chi connectivity index (χ3n) is 1.79. The Morgan fingerprint density at radius 3 is 2.93 bits per heavy atom. The van der Waals surface area contributed by atoms with Crippen LogP contribution in [0, 0.1) is 22.7 Å². The van der Waals surface area contributed by atoms with Gasteiger partial charge in [-0.25, -0.2) is 4.98 Å². The van der Waals surface area contributed by atoms with Gasteiger partial charge in [0.2, 0.25) is 0 Å². The Bertz CT molecular complexity index is 368. The standard InChI is InChI=1S/C8H10N6/c1-11-7(4-9)2-3-14-6-12-8(5-10)13-14/h6-7,11H,2-3H2,1H3. The molecule has 0 bridgehead atoms. The number of rotatable bonds is 4. The molecular formula is C8H10N6. The van der Waals surface area contributed by atoms with Crippen molar-refractivity contribution in [2.75, 3.05) is 7.05 Å². The Morgan fingerprint density at radius 1 is 1.64 bits per heavy atom. The normalized spacial score (nSPS) is 11.6. The second-order valence-electron chi connectivity index (χ2n) is 2.70. The lowest BCUT2D eigenvalue weighted by atomic mass is 10.2. The molecule has 1 aromatic heterocycles. The molecule has 0 saturated heterocycles. The highest BCUT2D eigenvalue weighted by Gasteiger charge is 2.05. The highest BCUT2D eigenvalue weighted by Crippen LogP contribution is 1.94. The molecule has 0 amide bonds. The van der Waals surface area contributed by atoms with Crippen molar-refractivity contribution in [3.05, 3.63) is 12.2 Å². The van der Waals surface area contributed by atoms with Crippen LogP contribution in [0.1, 0.15) is 12.2 Å². The first-order valence-electron chi connectivity index (χ1n) is 4.16. The van der Waals surface area contributed by atoms with Crippen molar-refractivity contribution in [1.29, 1.82) is 10.5 Å². The SMILES string of the molecule is CNC(C#N)CCn1cnc(C#N)n1. The summed E-state index contributed by atoms with van der Waals surface area (Å²) in [6.45, 7) is 0.577. The topological polar surface area (TPSA) is 90.3 Å². The highest BCUT2D eigenvalue weighted by molar-refractivity contribution is 5.05. The predicted octanol–water partition coefficient (Wildman–Crippen LogP) is -0.349. The number of hydrogen-bond donors (Lipinski definition) is 1. The summed E-state index contributed by atoms with van der Waals surface area (Å²) < 4.78 is 1.56. The maximum Gasteiger partial charge on any atom is 0.252 e. The summed E-state index contributed by atoms with van der Waals surface area (Å²) >= 11 is 0. The van der Waals surface area contributed by atoms with Gasteiger partial charge in [-0.15, -0.1) is 5.10 Å². The van der Waals surface area contributed by atoms with E-state index in [1.165, 1.54) is 6.33 Å². The average molecular weight is 190 g/mol. The molecule has 1 N–H and O–H groups in total. The minimum Gasteiger partial charge on any atom is -0.305 e. The molecule has 1 rings (SSSR count). The Balaban J connectivity index is 2.46. The first kappa shape index (κ1) is 10.2. The Labute approximate surface area is 81.8 Å². The minimum atomic E-state index is -0.190. The molecule has 0 aliphatic heterocycles. The molecule has 14 heavy (non-hydrogen) atoms. The van der Waals surface area contributed by atoms with Gasteiger partial charge >= 0.3 is 0 Å². The van der Waals surface area contributed by atoms with Crippen LogP contribution >= 0.6 is 0 Å². The van der Waals surface area contributed by atoms with Crippen molar-refractivity contribution in [3.63, 3.8) is 0 Å². The molecule has 0 radical (unpaired) electrons. The summed E-state index contributed by atoms with van der Waals surface area (Å²) in [4.78, 5) is 3.75. The van der Waals surface area contributed by atoms with Gasteiger partial charge in [-0.05, 0) is 13.5 Å². The van der Waals surface area contributed by atoms with Gasteiger partial charge in [0.1, 0.15) is 12.4 Å². The number of aromatic nitrogens is 3. The number of hydrogen-bond acceptors (Lipinski definition) is 5. The third-order valence-corrected chi connectivity index (χ3v) is 1.79. The summed E-state index contributed by atoms with van der Waals surface area (Å²) in [5, 5.41) is 23.8. The van der Waals surface area contributed by atoms with Gasteiger partial charge in [0.15, 0.2) is 0 Å². The first-order valence-corrected chi connectivity index (χ1v) is 4.16. The van der Waals surface area contributed by atoms with E-state index in [1.54, 1.807) is 11.7 Å². The fourth-order valence-electron chi connectivity index (χ4n) is 0.988. The summed E-state index contributed by atoms with van der Waals surface area (Å²) in [7, 11) is 1.73. The van der Waals surface area contributed by atoms with Crippen LogP contribution in [0.25, 0.3) is 0 Å². The van der Waals surface area contributed by atoms with Crippen molar-refractivity contribution in [2.24, 2.45) is 0 Å². The average Bonchev–Trinajstić information content (AvgIpc) is 2.67. The van der Waals surface area contributed by atoms with Gasteiger partial charge in [0, 0.05) is 6.54 Å². The fraction of sp³-hybridized carbons (Fsp3) is 0.500. The molecule has 1 aromatic rings. The molecule has 1 heterocycles. The minimum absolute atomic E-state index is 0.156. The van der Waals surface area contributed by atoms with Crippen molar-refractivity contribution in [2.45, 2.75) is 19.0 Å². The van der Waals surface area contributed by atoms with E-state index in [9.17, 15) is 0 Å². The van der Waals surface area contributed by atoms with E-state index in [0.717, 1.165) is 0 Å². The summed E-state index contributed by atoms with van der Waals surface area (Å²) in [6.07, 6.45) is 2.13. The second-order valence-corrected chi connectivity index (χ2v) is 2.70. The maximum atomic E-state index is 8.65. The van der Waals surface area contributed by atoms with Crippen LogP contribution in [-0.2, 0) is 6.54 Å². The molecule has 0 fully saturated rings. The molecule has 6 heteroatoms. The van der Waals surface area contributed by atoms with Crippen LogP contribution in [0.15, 0.2) is 6.33 Å². The predicted molar refractivity (Wildman–Crippen MR) is 47.8 cm³/mol. The van der Waals surface area contributed by atoms with Gasteiger partial charge in [-0.1, -0.05) is 0 Å². The fourth-order valence-corrected chi connectivity index (χ4v) is 0.988. The van der Waals surface area contributed by atoms with Gasteiger partial charge in [-0.3, -0.25) is 4.68 Å². The third kappa shape index (κ3) is 2.54. The molecular weight excluding hydrogens is 180 g/mol. The van der Waals surface area contributed by atoms with E-state index in [2.05, 4.69) is 21.5 Å². The van der Waals surface area contributed by atoms with Gasteiger partial charge < -0.3 is 5.32 Å². The first-order chi connectivity index (χ1) is 6.80. The molecule has 1 unspecified atom stereocenters. The zero-order chi connectivity index (χ0) is 10.4. The number of nitrogens with one attached hydrogen (secondary N) is 1. The summed E-state index contributed by atoms with van der Waals surface area (Å²) in [5.41, 5.74) is 0. The van der Waals surface area contributed by atoms with E-state index in [-0.39, 0.29) is 11.9 Å². The van der Waals surface area contributed by atoms with Crippen LogP contribution < -0.4 is 5.32 Å². The van der Waals surface area contributed by atoms with E-state index in [0.29, 0.717) is 13.0 Å². The molecule has 6 nitrogen and oxygen atoms in total. The van der Waals surface area contributed by atoms with E-state index >= 15 is 0 Å². The van der Waals surface area contributed by atoms with Crippen LogP contribution in [-0.4, -0.2) is 27.9 Å². The van der Waals surface area contributed by atoms with E-state index in [4.69, 9.17) is 10.5 Å². The lowest BCUT2D eigenvalue weighted by molar-refractivity contribution is 0.516. The van der Waals surface area contributed by atoms with Crippen molar-refractivity contribution < 1.29 is 0 Å². The number of aryl methyl sites for hydroxylation is 1. The summed E-state index contributed by atoms with van der Waals surface area (Å²) in [5.74, 6) is 0.156. The van der Waals surface area contributed by atoms with Crippen LogP contribution in [0.5, 0.6) is 0 Å². The molecule has 0 aromatic carbocycles. The van der Waals surface area contributed by atoms with Crippen molar-refractivity contribution >= 4 is 0 Å². The maximum absolute atomic E-state index is 8.65.